The second-order valence-corrected chi connectivity index (χ2v) is 5.83. The number of carbonyl (C=O) groups is 2. The lowest BCUT2D eigenvalue weighted by Crippen LogP contribution is -2.41. The van der Waals surface area contributed by atoms with Crippen molar-refractivity contribution < 1.29 is 18.5 Å². The summed E-state index contributed by atoms with van der Waals surface area (Å²) in [5.74, 6) is -0.117. The van der Waals surface area contributed by atoms with Gasteiger partial charge in [0.25, 0.3) is 5.91 Å². The summed E-state index contributed by atoms with van der Waals surface area (Å²) in [4.78, 5) is 25.1. The van der Waals surface area contributed by atoms with Crippen molar-refractivity contribution in [3.8, 4) is 10.4 Å². The third-order valence-corrected chi connectivity index (χ3v) is 4.25. The van der Waals surface area contributed by atoms with Gasteiger partial charge in [-0.05, 0) is 38.1 Å². The summed E-state index contributed by atoms with van der Waals surface area (Å²) in [6.07, 6.45) is 1.38. The second kappa shape index (κ2) is 6.09. The minimum absolute atomic E-state index is 0.118. The van der Waals surface area contributed by atoms with Crippen LogP contribution in [0.2, 0.25) is 0 Å². The van der Waals surface area contributed by atoms with Gasteiger partial charge in [0, 0.05) is 4.88 Å². The predicted molar refractivity (Wildman–Crippen MR) is 82.9 cm³/mol. The number of nitrogens with zero attached hydrogens (tertiary/aromatic N) is 1. The van der Waals surface area contributed by atoms with Crippen LogP contribution in [-0.4, -0.2) is 17.0 Å². The average Bonchev–Trinajstić information content (AvgIpc) is 3.25. The first-order valence-corrected chi connectivity index (χ1v) is 7.55. The number of hydrogen-bond donors (Lipinski definition) is 2. The van der Waals surface area contributed by atoms with Crippen LogP contribution in [0.25, 0.3) is 10.4 Å². The van der Waals surface area contributed by atoms with Gasteiger partial charge in [-0.3, -0.25) is 20.4 Å². The van der Waals surface area contributed by atoms with E-state index in [0.29, 0.717) is 10.6 Å². The highest BCUT2D eigenvalue weighted by atomic mass is 32.1. The number of thiophene rings is 1. The summed E-state index contributed by atoms with van der Waals surface area (Å²) in [5, 5.41) is 3.90. The molecule has 0 unspecified atom stereocenters. The molecule has 0 aliphatic heterocycles. The Morgan fingerprint density at radius 2 is 1.91 bits per heavy atom. The molecule has 2 amide bonds. The lowest BCUT2D eigenvalue weighted by Gasteiger charge is -2.03. The van der Waals surface area contributed by atoms with Crippen LogP contribution in [0.3, 0.4) is 0 Å². The number of hydrogen-bond acceptors (Lipinski definition) is 6. The summed E-state index contributed by atoms with van der Waals surface area (Å²) < 4.78 is 10.1. The summed E-state index contributed by atoms with van der Waals surface area (Å²) in [7, 11) is 0. The largest absolute Gasteiger partial charge is 0.459 e. The van der Waals surface area contributed by atoms with Gasteiger partial charge in [0.2, 0.25) is 0 Å². The summed E-state index contributed by atoms with van der Waals surface area (Å²) in [6, 6.07) is 6.59. The van der Waals surface area contributed by atoms with Crippen LogP contribution in [0.4, 0.5) is 0 Å². The molecule has 3 aromatic heterocycles. The van der Waals surface area contributed by atoms with Crippen LogP contribution in [0.1, 0.15) is 31.7 Å². The van der Waals surface area contributed by atoms with Crippen LogP contribution in [-0.2, 0) is 0 Å². The Morgan fingerprint density at radius 1 is 1.13 bits per heavy atom. The van der Waals surface area contributed by atoms with Gasteiger partial charge in [-0.1, -0.05) is 5.16 Å². The molecule has 8 heteroatoms. The van der Waals surface area contributed by atoms with Crippen molar-refractivity contribution in [1.29, 1.82) is 0 Å². The van der Waals surface area contributed by atoms with E-state index in [0.717, 1.165) is 16.1 Å². The smallest absolute Gasteiger partial charge is 0.305 e. The van der Waals surface area contributed by atoms with Gasteiger partial charge in [-0.15, -0.1) is 11.3 Å². The number of nitrogens with one attached hydrogen (secondary N) is 2. The van der Waals surface area contributed by atoms with Crippen LogP contribution >= 0.6 is 11.3 Å². The van der Waals surface area contributed by atoms with Crippen molar-refractivity contribution in [3.63, 3.8) is 0 Å². The van der Waals surface area contributed by atoms with Gasteiger partial charge in [-0.2, -0.15) is 0 Å². The molecule has 0 spiro atoms. The third kappa shape index (κ3) is 3.02. The number of furan rings is 1. The maximum absolute atomic E-state index is 12.1. The van der Waals surface area contributed by atoms with Crippen molar-refractivity contribution in [2.75, 3.05) is 0 Å². The first-order chi connectivity index (χ1) is 11.1. The van der Waals surface area contributed by atoms with Crippen molar-refractivity contribution in [2.45, 2.75) is 13.8 Å². The Morgan fingerprint density at radius 3 is 2.57 bits per heavy atom. The monoisotopic (exact) mass is 331 g/mol. The van der Waals surface area contributed by atoms with E-state index < -0.39 is 11.8 Å². The molecule has 3 aromatic rings. The molecular weight excluding hydrogens is 318 g/mol. The summed E-state index contributed by atoms with van der Waals surface area (Å²) >= 11 is 1.29. The van der Waals surface area contributed by atoms with Gasteiger partial charge in [0.05, 0.1) is 22.4 Å². The predicted octanol–water partition coefficient (Wildman–Crippen LogP) is 2.69. The molecule has 2 N–H and O–H groups in total. The molecule has 23 heavy (non-hydrogen) atoms. The topological polar surface area (TPSA) is 97.4 Å². The van der Waals surface area contributed by atoms with E-state index in [1.807, 2.05) is 19.9 Å². The van der Waals surface area contributed by atoms with E-state index in [9.17, 15) is 9.59 Å². The summed E-state index contributed by atoms with van der Waals surface area (Å²) in [5.41, 5.74) is 6.29. The van der Waals surface area contributed by atoms with E-state index >= 15 is 0 Å². The normalized spacial score (nSPS) is 10.5. The van der Waals surface area contributed by atoms with Crippen LogP contribution in [0.5, 0.6) is 0 Å². The molecule has 0 fully saturated rings. The highest BCUT2D eigenvalue weighted by molar-refractivity contribution is 7.17. The molecule has 3 rings (SSSR count). The molecule has 3 heterocycles. The Labute approximate surface area is 135 Å². The van der Waals surface area contributed by atoms with Crippen LogP contribution in [0, 0.1) is 13.8 Å². The lowest BCUT2D eigenvalue weighted by atomic mass is 10.2. The quantitative estimate of drug-likeness (QED) is 0.719. The Hall–Kier alpha value is -2.87. The van der Waals surface area contributed by atoms with E-state index in [2.05, 4.69) is 16.0 Å². The number of aryl methyl sites for hydroxylation is 2. The Kier molecular flexibility index (Phi) is 3.98. The number of carbonyl (C=O) groups excluding carboxylic acids is 2. The van der Waals surface area contributed by atoms with Gasteiger partial charge in [0.15, 0.2) is 5.76 Å². The number of hydrazine groups is 1. The number of rotatable bonds is 3. The summed E-state index contributed by atoms with van der Waals surface area (Å²) in [6.45, 7) is 3.66. The van der Waals surface area contributed by atoms with Crippen molar-refractivity contribution in [3.05, 3.63) is 52.6 Å². The van der Waals surface area contributed by atoms with Gasteiger partial charge < -0.3 is 8.94 Å². The molecule has 0 radical (unpaired) electrons. The average molecular weight is 331 g/mol. The van der Waals surface area contributed by atoms with E-state index in [1.165, 1.54) is 23.7 Å². The van der Waals surface area contributed by atoms with Gasteiger partial charge in [-0.25, -0.2) is 0 Å². The Bertz CT molecular complexity index is 829. The lowest BCUT2D eigenvalue weighted by molar-refractivity contribution is 0.0833. The van der Waals surface area contributed by atoms with Gasteiger partial charge in [0.1, 0.15) is 5.76 Å². The van der Waals surface area contributed by atoms with Gasteiger partial charge >= 0.3 is 5.91 Å². The zero-order valence-corrected chi connectivity index (χ0v) is 13.2. The minimum Gasteiger partial charge on any atom is -0.459 e. The molecule has 0 saturated carbocycles. The number of amides is 2. The molecule has 7 nitrogen and oxygen atoms in total. The maximum Gasteiger partial charge on any atom is 0.305 e. The highest BCUT2D eigenvalue weighted by Crippen LogP contribution is 2.32. The zero-order valence-electron chi connectivity index (χ0n) is 12.4. The first kappa shape index (κ1) is 15.0. The second-order valence-electron chi connectivity index (χ2n) is 4.75. The molecular formula is C15H13N3O4S. The van der Waals surface area contributed by atoms with E-state index in [4.69, 9.17) is 8.94 Å². The fraction of sp³-hybridized carbons (Fsp3) is 0.133. The number of aromatic nitrogens is 1. The molecule has 0 aliphatic rings. The Balaban J connectivity index is 1.68. The van der Waals surface area contributed by atoms with E-state index in [-0.39, 0.29) is 5.76 Å². The molecule has 0 aromatic carbocycles. The van der Waals surface area contributed by atoms with Crippen molar-refractivity contribution in [2.24, 2.45) is 0 Å². The minimum atomic E-state index is -0.522. The van der Waals surface area contributed by atoms with Crippen LogP contribution in [0.15, 0.2) is 39.5 Å². The van der Waals surface area contributed by atoms with E-state index in [1.54, 1.807) is 12.1 Å². The first-order valence-electron chi connectivity index (χ1n) is 6.73. The third-order valence-electron chi connectivity index (χ3n) is 3.14. The fourth-order valence-corrected chi connectivity index (χ4v) is 3.12. The van der Waals surface area contributed by atoms with Crippen molar-refractivity contribution >= 4 is 23.2 Å². The molecule has 118 valence electrons. The maximum atomic E-state index is 12.1. The van der Waals surface area contributed by atoms with Crippen molar-refractivity contribution in [1.82, 2.24) is 16.0 Å². The molecule has 0 aliphatic carbocycles. The zero-order chi connectivity index (χ0) is 16.4. The standard InChI is InChI=1S/C15H13N3O4S/c1-8-13(9(2)22-18-8)11-5-6-12(23-11)15(20)17-16-14(19)10-4-3-7-21-10/h3-7H,1-2H3,(H,16,19)(H,17,20). The SMILES string of the molecule is Cc1noc(C)c1-c1ccc(C(=O)NNC(=O)c2ccco2)s1. The highest BCUT2D eigenvalue weighted by Gasteiger charge is 2.17. The fourth-order valence-electron chi connectivity index (χ4n) is 2.07. The molecule has 0 atom stereocenters. The van der Waals surface area contributed by atoms with Crippen LogP contribution < -0.4 is 10.9 Å². The molecule has 0 saturated heterocycles. The molecule has 0 bridgehead atoms.